The molecule has 0 N–H and O–H groups in total. The SMILES string of the molecule is [N-]=[N+]=NCc1cnc2scc(Br)n12. The number of aromatic nitrogens is 2. The number of hydrogen-bond donors (Lipinski definition) is 0. The molecule has 2 aromatic rings. The van der Waals surface area contributed by atoms with Gasteiger partial charge in [-0.25, -0.2) is 4.98 Å². The largest absolute Gasteiger partial charge is 0.281 e. The van der Waals surface area contributed by atoms with Crippen LogP contribution in [0, 0.1) is 0 Å². The van der Waals surface area contributed by atoms with Crippen LogP contribution in [-0.2, 0) is 6.54 Å². The molecule has 0 unspecified atom stereocenters. The highest BCUT2D eigenvalue weighted by Crippen LogP contribution is 2.22. The minimum Gasteiger partial charge on any atom is -0.281 e. The van der Waals surface area contributed by atoms with Gasteiger partial charge in [-0.05, 0) is 21.5 Å². The Balaban J connectivity index is 2.54. The van der Waals surface area contributed by atoms with Crippen LogP contribution in [0.25, 0.3) is 15.4 Å². The third-order valence-corrected chi connectivity index (χ3v) is 3.30. The molecule has 0 saturated heterocycles. The summed E-state index contributed by atoms with van der Waals surface area (Å²) in [6, 6.07) is 0. The Morgan fingerprint density at radius 2 is 2.62 bits per heavy atom. The van der Waals surface area contributed by atoms with Crippen LogP contribution < -0.4 is 0 Å². The maximum absolute atomic E-state index is 8.18. The van der Waals surface area contributed by atoms with Gasteiger partial charge in [0.05, 0.1) is 18.4 Å². The van der Waals surface area contributed by atoms with Gasteiger partial charge in [-0.3, -0.25) is 4.40 Å². The maximum Gasteiger partial charge on any atom is 0.194 e. The van der Waals surface area contributed by atoms with Gasteiger partial charge in [0, 0.05) is 10.3 Å². The number of azide groups is 1. The number of rotatable bonds is 2. The Morgan fingerprint density at radius 1 is 1.77 bits per heavy atom. The third kappa shape index (κ3) is 1.41. The van der Waals surface area contributed by atoms with Crippen molar-refractivity contribution in [2.24, 2.45) is 5.11 Å². The maximum atomic E-state index is 8.18. The molecule has 66 valence electrons. The van der Waals surface area contributed by atoms with E-state index < -0.39 is 0 Å². The van der Waals surface area contributed by atoms with Gasteiger partial charge in [-0.15, -0.1) is 11.3 Å². The zero-order chi connectivity index (χ0) is 9.26. The number of hydrogen-bond acceptors (Lipinski definition) is 3. The Morgan fingerprint density at radius 3 is 3.38 bits per heavy atom. The van der Waals surface area contributed by atoms with Crippen molar-refractivity contribution in [3.05, 3.63) is 32.3 Å². The van der Waals surface area contributed by atoms with E-state index in [0.717, 1.165) is 15.3 Å². The second-order valence-corrected chi connectivity index (χ2v) is 3.96. The molecule has 0 bridgehead atoms. The van der Waals surface area contributed by atoms with Gasteiger partial charge in [0.25, 0.3) is 0 Å². The average molecular weight is 258 g/mol. The van der Waals surface area contributed by atoms with Crippen molar-refractivity contribution in [1.29, 1.82) is 0 Å². The summed E-state index contributed by atoms with van der Waals surface area (Å²) < 4.78 is 2.85. The van der Waals surface area contributed by atoms with E-state index in [-0.39, 0.29) is 0 Å². The summed E-state index contributed by atoms with van der Waals surface area (Å²) in [5.41, 5.74) is 9.07. The standard InChI is InChI=1S/C6H4BrN5S/c7-5-3-13-6-9-1-4(12(5)6)2-10-11-8/h1,3H,2H2. The summed E-state index contributed by atoms with van der Waals surface area (Å²) in [6.45, 7) is 0.326. The van der Waals surface area contributed by atoms with Crippen LogP contribution in [0.4, 0.5) is 0 Å². The summed E-state index contributed by atoms with van der Waals surface area (Å²) >= 11 is 4.93. The first-order chi connectivity index (χ1) is 6.33. The molecule has 0 spiro atoms. The van der Waals surface area contributed by atoms with E-state index in [4.69, 9.17) is 5.53 Å². The lowest BCUT2D eigenvalue weighted by atomic mass is 10.5. The fourth-order valence-electron chi connectivity index (χ4n) is 1.05. The van der Waals surface area contributed by atoms with Crippen molar-refractivity contribution in [3.63, 3.8) is 0 Å². The predicted octanol–water partition coefficient (Wildman–Crippen LogP) is 2.97. The molecular weight excluding hydrogens is 254 g/mol. The predicted molar refractivity (Wildman–Crippen MR) is 53.6 cm³/mol. The molecule has 0 aliphatic heterocycles. The molecule has 2 heterocycles. The molecule has 0 atom stereocenters. The first-order valence-electron chi connectivity index (χ1n) is 3.43. The highest BCUT2D eigenvalue weighted by Gasteiger charge is 2.06. The topological polar surface area (TPSA) is 66.1 Å². The number of thiazole rings is 1. The Hall–Kier alpha value is -1.04. The zero-order valence-electron chi connectivity index (χ0n) is 6.38. The van der Waals surface area contributed by atoms with Crippen molar-refractivity contribution >= 4 is 32.2 Å². The molecule has 0 amide bonds. The summed E-state index contributed by atoms with van der Waals surface area (Å²) in [5.74, 6) is 0. The highest BCUT2D eigenvalue weighted by molar-refractivity contribution is 9.10. The van der Waals surface area contributed by atoms with Crippen LogP contribution >= 0.6 is 27.3 Å². The third-order valence-electron chi connectivity index (χ3n) is 1.57. The van der Waals surface area contributed by atoms with E-state index in [2.05, 4.69) is 30.9 Å². The molecule has 0 fully saturated rings. The lowest BCUT2D eigenvalue weighted by Gasteiger charge is -1.92. The summed E-state index contributed by atoms with van der Waals surface area (Å²) in [7, 11) is 0. The lowest BCUT2D eigenvalue weighted by molar-refractivity contribution is 0.944. The van der Waals surface area contributed by atoms with E-state index in [1.165, 1.54) is 11.3 Å². The van der Waals surface area contributed by atoms with Crippen LogP contribution in [0.2, 0.25) is 0 Å². The minimum absolute atomic E-state index is 0.326. The van der Waals surface area contributed by atoms with Crippen LogP contribution in [0.5, 0.6) is 0 Å². The van der Waals surface area contributed by atoms with Gasteiger partial charge < -0.3 is 0 Å². The Bertz CT molecular complexity index is 480. The molecule has 0 aliphatic carbocycles. The van der Waals surface area contributed by atoms with Gasteiger partial charge in [0.15, 0.2) is 4.96 Å². The molecular formula is C6H4BrN5S. The van der Waals surface area contributed by atoms with Gasteiger partial charge in [-0.2, -0.15) is 0 Å². The van der Waals surface area contributed by atoms with Crippen molar-refractivity contribution in [1.82, 2.24) is 9.38 Å². The number of imidazole rings is 1. The van der Waals surface area contributed by atoms with Crippen LogP contribution in [-0.4, -0.2) is 9.38 Å². The quantitative estimate of drug-likeness (QED) is 0.464. The fraction of sp³-hybridized carbons (Fsp3) is 0.167. The normalized spacial score (nSPS) is 10.2. The first kappa shape index (κ1) is 8.55. The Labute approximate surface area is 85.8 Å². The van der Waals surface area contributed by atoms with Gasteiger partial charge >= 0.3 is 0 Å². The van der Waals surface area contributed by atoms with Crippen molar-refractivity contribution < 1.29 is 0 Å². The number of nitrogens with zero attached hydrogens (tertiary/aromatic N) is 5. The molecule has 5 nitrogen and oxygen atoms in total. The second kappa shape index (κ2) is 3.37. The van der Waals surface area contributed by atoms with E-state index >= 15 is 0 Å². The zero-order valence-corrected chi connectivity index (χ0v) is 8.79. The van der Waals surface area contributed by atoms with Gasteiger partial charge in [-0.1, -0.05) is 5.11 Å². The Kier molecular flexibility index (Phi) is 2.22. The summed E-state index contributed by atoms with van der Waals surface area (Å²) in [5, 5.41) is 5.43. The second-order valence-electron chi connectivity index (χ2n) is 2.31. The number of halogens is 1. The van der Waals surface area contributed by atoms with E-state index in [0.29, 0.717) is 6.54 Å². The monoisotopic (exact) mass is 257 g/mol. The van der Waals surface area contributed by atoms with Gasteiger partial charge in [0.1, 0.15) is 4.60 Å². The summed E-state index contributed by atoms with van der Waals surface area (Å²) in [6.07, 6.45) is 1.71. The molecule has 0 aromatic carbocycles. The van der Waals surface area contributed by atoms with E-state index in [9.17, 15) is 0 Å². The van der Waals surface area contributed by atoms with Crippen LogP contribution in [0.3, 0.4) is 0 Å². The molecule has 13 heavy (non-hydrogen) atoms. The molecule has 2 rings (SSSR count). The lowest BCUT2D eigenvalue weighted by Crippen LogP contribution is -1.87. The van der Waals surface area contributed by atoms with E-state index in [1.54, 1.807) is 6.20 Å². The first-order valence-corrected chi connectivity index (χ1v) is 5.10. The minimum atomic E-state index is 0.326. The molecule has 7 heteroatoms. The van der Waals surface area contributed by atoms with E-state index in [1.807, 2.05) is 9.78 Å². The fourth-order valence-corrected chi connectivity index (χ4v) is 2.59. The molecule has 2 aromatic heterocycles. The molecule has 0 radical (unpaired) electrons. The summed E-state index contributed by atoms with van der Waals surface area (Å²) in [4.78, 5) is 7.76. The number of fused-ring (bicyclic) bond motifs is 1. The molecule has 0 saturated carbocycles. The smallest absolute Gasteiger partial charge is 0.194 e. The van der Waals surface area contributed by atoms with Crippen LogP contribution in [0.15, 0.2) is 21.3 Å². The van der Waals surface area contributed by atoms with Crippen molar-refractivity contribution in [2.45, 2.75) is 6.54 Å². The highest BCUT2D eigenvalue weighted by atomic mass is 79.9. The van der Waals surface area contributed by atoms with Crippen LogP contribution in [0.1, 0.15) is 5.69 Å². The van der Waals surface area contributed by atoms with Crippen molar-refractivity contribution in [2.75, 3.05) is 0 Å². The molecule has 0 aliphatic rings. The van der Waals surface area contributed by atoms with Crippen molar-refractivity contribution in [3.8, 4) is 0 Å². The average Bonchev–Trinajstić information content (AvgIpc) is 2.67. The van der Waals surface area contributed by atoms with Gasteiger partial charge in [0.2, 0.25) is 0 Å².